The highest BCUT2D eigenvalue weighted by Gasteiger charge is 2.32. The fraction of sp³-hybridized carbons (Fsp3) is 0.0909. The molecule has 0 N–H and O–H groups in total. The molecule has 1 aliphatic heterocycles. The maximum Gasteiger partial charge on any atom is 0.417 e. The van der Waals surface area contributed by atoms with Crippen LogP contribution in [0.3, 0.4) is 0 Å². The maximum absolute atomic E-state index is 12.5. The van der Waals surface area contributed by atoms with Crippen molar-refractivity contribution < 1.29 is 13.2 Å². The van der Waals surface area contributed by atoms with Crippen LogP contribution in [0.1, 0.15) is 5.56 Å². The molecule has 2 rings (SSSR count). The Kier molecular flexibility index (Phi) is 3.92. The molecule has 0 amide bonds. The zero-order chi connectivity index (χ0) is 14.9. The van der Waals surface area contributed by atoms with Gasteiger partial charge in [0, 0.05) is 24.8 Å². The van der Waals surface area contributed by atoms with E-state index in [0.717, 1.165) is 6.07 Å². The number of hydrogen-bond donors (Lipinski definition) is 0. The molecule has 0 bridgehead atoms. The van der Waals surface area contributed by atoms with Gasteiger partial charge in [-0.25, -0.2) is 9.88 Å². The van der Waals surface area contributed by atoms with E-state index in [1.165, 1.54) is 28.4 Å². The van der Waals surface area contributed by atoms with Gasteiger partial charge in [0.2, 0.25) is 0 Å². The summed E-state index contributed by atoms with van der Waals surface area (Å²) in [5, 5.41) is 8.62. The van der Waals surface area contributed by atoms with E-state index in [9.17, 15) is 13.2 Å². The number of halogens is 5. The number of hydrogen-bond acceptors (Lipinski definition) is 4. The first-order valence-electron chi connectivity index (χ1n) is 5.08. The summed E-state index contributed by atoms with van der Waals surface area (Å²) >= 11 is 8.97. The molecule has 0 aliphatic carbocycles. The van der Waals surface area contributed by atoms with Crippen LogP contribution in [0, 0.1) is 11.5 Å². The van der Waals surface area contributed by atoms with Crippen molar-refractivity contribution in [2.24, 2.45) is 0 Å². The first-order chi connectivity index (χ1) is 9.32. The van der Waals surface area contributed by atoms with E-state index < -0.39 is 11.7 Å². The third kappa shape index (κ3) is 2.89. The summed E-state index contributed by atoms with van der Waals surface area (Å²) in [5.41, 5.74) is -0.922. The van der Waals surface area contributed by atoms with E-state index in [1.807, 2.05) is 6.19 Å². The van der Waals surface area contributed by atoms with Crippen LogP contribution in [0.15, 0.2) is 35.5 Å². The third-order valence-corrected chi connectivity index (χ3v) is 3.22. The smallest absolute Gasteiger partial charge is 0.303 e. The minimum atomic E-state index is -4.50. The number of rotatable bonds is 1. The molecule has 0 spiro atoms. The summed E-state index contributed by atoms with van der Waals surface area (Å²) in [6.45, 7) is 0. The SMILES string of the molecule is N#CN1C=CN(c2ncc(C(F)(F)F)cc2Cl)C=C1Br. The molecule has 1 aromatic rings. The Bertz CT molecular complexity index is 636. The summed E-state index contributed by atoms with van der Waals surface area (Å²) in [7, 11) is 0. The third-order valence-electron chi connectivity index (χ3n) is 2.35. The summed E-state index contributed by atoms with van der Waals surface area (Å²) in [4.78, 5) is 6.33. The summed E-state index contributed by atoms with van der Waals surface area (Å²) in [6.07, 6.45) is 2.41. The lowest BCUT2D eigenvalue weighted by atomic mass is 10.2. The number of alkyl halides is 3. The second-order valence-corrected chi connectivity index (χ2v) is 4.87. The minimum Gasteiger partial charge on any atom is -0.303 e. The van der Waals surface area contributed by atoms with Gasteiger partial charge in [-0.2, -0.15) is 18.4 Å². The predicted molar refractivity (Wildman–Crippen MR) is 70.3 cm³/mol. The van der Waals surface area contributed by atoms with Gasteiger partial charge in [0.15, 0.2) is 12.0 Å². The number of pyridine rings is 1. The Balaban J connectivity index is 2.35. The van der Waals surface area contributed by atoms with Gasteiger partial charge in [-0.05, 0) is 22.0 Å². The van der Waals surface area contributed by atoms with Crippen molar-refractivity contribution >= 4 is 33.3 Å². The molecule has 0 saturated carbocycles. The topological polar surface area (TPSA) is 43.2 Å². The van der Waals surface area contributed by atoms with E-state index in [2.05, 4.69) is 20.9 Å². The minimum absolute atomic E-state index is 0.130. The van der Waals surface area contributed by atoms with Crippen molar-refractivity contribution in [3.63, 3.8) is 0 Å². The van der Waals surface area contributed by atoms with Crippen LogP contribution in [0.25, 0.3) is 0 Å². The lowest BCUT2D eigenvalue weighted by molar-refractivity contribution is -0.137. The van der Waals surface area contributed by atoms with Crippen LogP contribution in [-0.4, -0.2) is 9.88 Å². The Morgan fingerprint density at radius 2 is 2.05 bits per heavy atom. The predicted octanol–water partition coefficient (Wildman–Crippen LogP) is 4.02. The fourth-order valence-corrected chi connectivity index (χ4v) is 2.10. The van der Waals surface area contributed by atoms with Crippen LogP contribution in [0.5, 0.6) is 0 Å². The maximum atomic E-state index is 12.5. The van der Waals surface area contributed by atoms with E-state index in [4.69, 9.17) is 16.9 Å². The van der Waals surface area contributed by atoms with Crippen LogP contribution in [0.2, 0.25) is 5.02 Å². The average molecular weight is 366 g/mol. The molecule has 1 aromatic heterocycles. The molecule has 0 saturated heterocycles. The van der Waals surface area contributed by atoms with Gasteiger partial charge in [-0.1, -0.05) is 11.6 Å². The van der Waals surface area contributed by atoms with Crippen molar-refractivity contribution in [3.05, 3.63) is 46.1 Å². The zero-order valence-electron chi connectivity index (χ0n) is 9.57. The van der Waals surface area contributed by atoms with E-state index in [0.29, 0.717) is 10.8 Å². The monoisotopic (exact) mass is 364 g/mol. The fourth-order valence-electron chi connectivity index (χ4n) is 1.42. The highest BCUT2D eigenvalue weighted by Crippen LogP contribution is 2.34. The number of anilines is 1. The van der Waals surface area contributed by atoms with Crippen molar-refractivity contribution in [1.29, 1.82) is 5.26 Å². The number of nitrogens with zero attached hydrogens (tertiary/aromatic N) is 4. The molecule has 1 aliphatic rings. The second-order valence-electron chi connectivity index (χ2n) is 3.65. The molecule has 9 heteroatoms. The Hall–Kier alpha value is -1.72. The van der Waals surface area contributed by atoms with Gasteiger partial charge in [0.1, 0.15) is 4.61 Å². The van der Waals surface area contributed by atoms with Gasteiger partial charge < -0.3 is 4.90 Å². The molecule has 0 unspecified atom stereocenters. The zero-order valence-corrected chi connectivity index (χ0v) is 11.9. The summed E-state index contributed by atoms with van der Waals surface area (Å²) < 4.78 is 37.9. The highest BCUT2D eigenvalue weighted by atomic mass is 79.9. The van der Waals surface area contributed by atoms with Crippen LogP contribution in [-0.2, 0) is 6.18 Å². The summed E-state index contributed by atoms with van der Waals surface area (Å²) in [6, 6.07) is 0.802. The molecule has 2 heterocycles. The standard InChI is InChI=1S/C11H5BrClF3N4/c12-9-5-19(1-2-20(9)6-17)10-8(13)3-7(4-18-10)11(14,15)16/h1-5H. The number of nitriles is 1. The van der Waals surface area contributed by atoms with Gasteiger partial charge in [0.05, 0.1) is 10.6 Å². The molecular formula is C11H5BrClF3N4. The van der Waals surface area contributed by atoms with Crippen LogP contribution >= 0.6 is 27.5 Å². The molecule has 4 nitrogen and oxygen atoms in total. The highest BCUT2D eigenvalue weighted by molar-refractivity contribution is 9.11. The van der Waals surface area contributed by atoms with Crippen molar-refractivity contribution in [2.75, 3.05) is 4.90 Å². The quantitative estimate of drug-likeness (QED) is 0.557. The van der Waals surface area contributed by atoms with Crippen LogP contribution in [0.4, 0.5) is 19.0 Å². The Labute approximate surface area is 125 Å². The molecule has 0 fully saturated rings. The Morgan fingerprint density at radius 1 is 1.35 bits per heavy atom. The second kappa shape index (κ2) is 5.34. The van der Waals surface area contributed by atoms with Gasteiger partial charge in [-0.3, -0.25) is 0 Å². The van der Waals surface area contributed by atoms with Crippen molar-refractivity contribution in [3.8, 4) is 6.19 Å². The van der Waals surface area contributed by atoms with Gasteiger partial charge >= 0.3 is 6.18 Å². The molecular weight excluding hydrogens is 360 g/mol. The van der Waals surface area contributed by atoms with E-state index >= 15 is 0 Å². The van der Waals surface area contributed by atoms with Crippen molar-refractivity contribution in [2.45, 2.75) is 6.18 Å². The van der Waals surface area contributed by atoms with Gasteiger partial charge in [0.25, 0.3) is 0 Å². The lowest BCUT2D eigenvalue weighted by Gasteiger charge is -2.23. The van der Waals surface area contributed by atoms with Gasteiger partial charge in [-0.15, -0.1) is 0 Å². The largest absolute Gasteiger partial charge is 0.417 e. The normalized spacial score (nSPS) is 15.1. The summed E-state index contributed by atoms with van der Waals surface area (Å²) in [5.74, 6) is 0.130. The van der Waals surface area contributed by atoms with Crippen LogP contribution < -0.4 is 4.90 Å². The molecule has 0 radical (unpaired) electrons. The first-order valence-corrected chi connectivity index (χ1v) is 6.25. The average Bonchev–Trinajstić information content (AvgIpc) is 2.37. The molecule has 0 atom stereocenters. The molecule has 104 valence electrons. The Morgan fingerprint density at radius 3 is 2.55 bits per heavy atom. The molecule has 0 aromatic carbocycles. The first kappa shape index (κ1) is 14.7. The van der Waals surface area contributed by atoms with Crippen molar-refractivity contribution in [1.82, 2.24) is 9.88 Å². The molecule has 20 heavy (non-hydrogen) atoms. The van der Waals surface area contributed by atoms with E-state index in [-0.39, 0.29) is 10.8 Å². The lowest BCUT2D eigenvalue weighted by Crippen LogP contribution is -2.20. The van der Waals surface area contributed by atoms with E-state index in [1.54, 1.807) is 0 Å². The number of aromatic nitrogens is 1.